The van der Waals surface area contributed by atoms with Gasteiger partial charge in [0.15, 0.2) is 0 Å². The fourth-order valence-electron chi connectivity index (χ4n) is 2.73. The molecule has 0 radical (unpaired) electrons. The maximum Gasteiger partial charge on any atom is 0.237 e. The number of likely N-dealkylation sites (tertiary alicyclic amines) is 1. The number of nitrogens with two attached hydrogens (primary N) is 1. The van der Waals surface area contributed by atoms with Crippen molar-refractivity contribution in [3.63, 3.8) is 0 Å². The molecule has 1 saturated heterocycles. The highest BCUT2D eigenvalue weighted by molar-refractivity contribution is 5.81. The minimum atomic E-state index is -0.0982. The summed E-state index contributed by atoms with van der Waals surface area (Å²) in [7, 11) is 0. The number of hydrogen-bond acceptors (Lipinski definition) is 4. The Hall–Kier alpha value is -1.33. The van der Waals surface area contributed by atoms with Crippen LogP contribution in [0.1, 0.15) is 32.4 Å². The van der Waals surface area contributed by atoms with Crippen LogP contribution < -0.4 is 11.1 Å². The van der Waals surface area contributed by atoms with Gasteiger partial charge in [-0.2, -0.15) is 0 Å². The molecule has 1 aromatic rings. The Morgan fingerprint density at radius 1 is 1.50 bits per heavy atom. The third kappa shape index (κ3) is 3.84. The van der Waals surface area contributed by atoms with Gasteiger partial charge in [0.1, 0.15) is 5.76 Å². The van der Waals surface area contributed by atoms with Crippen LogP contribution in [0.5, 0.6) is 0 Å². The molecule has 2 rings (SSSR count). The van der Waals surface area contributed by atoms with Crippen LogP contribution >= 0.6 is 0 Å². The van der Waals surface area contributed by atoms with Crippen molar-refractivity contribution in [3.8, 4) is 0 Å². The van der Waals surface area contributed by atoms with E-state index in [4.69, 9.17) is 10.2 Å². The Labute approximate surface area is 120 Å². The van der Waals surface area contributed by atoms with Crippen molar-refractivity contribution in [1.82, 2.24) is 10.2 Å². The molecule has 1 fully saturated rings. The second-order valence-electron chi connectivity index (χ2n) is 5.71. The van der Waals surface area contributed by atoms with E-state index in [1.165, 1.54) is 0 Å². The molecule has 2 unspecified atom stereocenters. The molecule has 20 heavy (non-hydrogen) atoms. The number of furan rings is 1. The number of amides is 1. The Morgan fingerprint density at radius 2 is 2.20 bits per heavy atom. The molecule has 3 N–H and O–H groups in total. The first-order valence-corrected chi connectivity index (χ1v) is 7.37. The van der Waals surface area contributed by atoms with Crippen LogP contribution in [0.3, 0.4) is 0 Å². The fraction of sp³-hybridized carbons (Fsp3) is 0.667. The number of rotatable bonds is 5. The van der Waals surface area contributed by atoms with Crippen LogP contribution in [0, 0.1) is 5.92 Å². The lowest BCUT2D eigenvalue weighted by Gasteiger charge is -2.36. The second-order valence-corrected chi connectivity index (χ2v) is 5.71. The lowest BCUT2D eigenvalue weighted by atomic mass is 9.90. The number of nitrogens with one attached hydrogen (secondary N) is 1. The predicted molar refractivity (Wildman–Crippen MR) is 78.0 cm³/mol. The largest absolute Gasteiger partial charge is 0.467 e. The quantitative estimate of drug-likeness (QED) is 0.853. The number of carbonyl (C=O) groups is 1. The number of nitrogens with zero attached hydrogens (tertiary/aromatic N) is 1. The number of carbonyl (C=O) groups excluding carboxylic acids is 1. The highest BCUT2D eigenvalue weighted by Crippen LogP contribution is 2.21. The molecule has 5 nitrogen and oxygen atoms in total. The SMILES string of the molecule is CC(N)C1CCN(C(C)C(=O)NCc2ccco2)CC1. The van der Waals surface area contributed by atoms with Gasteiger partial charge in [0, 0.05) is 6.04 Å². The molecule has 0 saturated carbocycles. The summed E-state index contributed by atoms with van der Waals surface area (Å²) in [6, 6.07) is 3.84. The van der Waals surface area contributed by atoms with Gasteiger partial charge in [-0.1, -0.05) is 0 Å². The normalized spacial score (nSPS) is 20.6. The molecule has 0 spiro atoms. The van der Waals surface area contributed by atoms with Crippen LogP contribution in [0.2, 0.25) is 0 Å². The van der Waals surface area contributed by atoms with Crippen molar-refractivity contribution in [1.29, 1.82) is 0 Å². The van der Waals surface area contributed by atoms with E-state index in [-0.39, 0.29) is 18.0 Å². The van der Waals surface area contributed by atoms with E-state index in [2.05, 4.69) is 17.1 Å². The van der Waals surface area contributed by atoms with E-state index >= 15 is 0 Å². The van der Waals surface area contributed by atoms with Crippen molar-refractivity contribution in [3.05, 3.63) is 24.2 Å². The summed E-state index contributed by atoms with van der Waals surface area (Å²) in [6.45, 7) is 6.37. The van der Waals surface area contributed by atoms with Crippen molar-refractivity contribution in [2.24, 2.45) is 11.7 Å². The van der Waals surface area contributed by atoms with Crippen molar-refractivity contribution in [2.75, 3.05) is 13.1 Å². The standard InChI is InChI=1S/C15H25N3O2/c1-11(16)13-5-7-18(8-6-13)12(2)15(19)17-10-14-4-3-9-20-14/h3-4,9,11-13H,5-8,10,16H2,1-2H3,(H,17,19). The fourth-order valence-corrected chi connectivity index (χ4v) is 2.73. The predicted octanol–water partition coefficient (Wildman–Crippen LogP) is 1.34. The molecule has 2 heterocycles. The van der Waals surface area contributed by atoms with E-state index in [0.717, 1.165) is 31.7 Å². The summed E-state index contributed by atoms with van der Waals surface area (Å²) >= 11 is 0. The molecular weight excluding hydrogens is 254 g/mol. The molecule has 5 heteroatoms. The van der Waals surface area contributed by atoms with Crippen LogP contribution in [0.4, 0.5) is 0 Å². The summed E-state index contributed by atoms with van der Waals surface area (Å²) < 4.78 is 5.21. The summed E-state index contributed by atoms with van der Waals surface area (Å²) in [6.07, 6.45) is 3.77. The molecule has 1 amide bonds. The van der Waals surface area contributed by atoms with Gasteiger partial charge in [-0.3, -0.25) is 9.69 Å². The molecule has 0 aromatic carbocycles. The third-order valence-corrected chi connectivity index (χ3v) is 4.26. The topological polar surface area (TPSA) is 71.5 Å². The molecule has 0 aliphatic carbocycles. The highest BCUT2D eigenvalue weighted by atomic mass is 16.3. The summed E-state index contributed by atoms with van der Waals surface area (Å²) in [4.78, 5) is 14.4. The average Bonchev–Trinajstić information content (AvgIpc) is 2.97. The van der Waals surface area contributed by atoms with E-state index < -0.39 is 0 Å². The van der Waals surface area contributed by atoms with Crippen molar-refractivity contribution in [2.45, 2.75) is 45.3 Å². The van der Waals surface area contributed by atoms with E-state index in [9.17, 15) is 4.79 Å². The van der Waals surface area contributed by atoms with Gasteiger partial charge in [0.25, 0.3) is 0 Å². The Morgan fingerprint density at radius 3 is 2.75 bits per heavy atom. The molecule has 1 aliphatic heterocycles. The monoisotopic (exact) mass is 279 g/mol. The average molecular weight is 279 g/mol. The summed E-state index contributed by atoms with van der Waals surface area (Å²) in [5, 5.41) is 2.92. The lowest BCUT2D eigenvalue weighted by molar-refractivity contribution is -0.126. The Bertz CT molecular complexity index is 409. The van der Waals surface area contributed by atoms with Crippen molar-refractivity contribution < 1.29 is 9.21 Å². The smallest absolute Gasteiger partial charge is 0.237 e. The van der Waals surface area contributed by atoms with E-state index in [1.807, 2.05) is 19.1 Å². The third-order valence-electron chi connectivity index (χ3n) is 4.26. The van der Waals surface area contributed by atoms with Crippen LogP contribution in [-0.4, -0.2) is 36.0 Å². The van der Waals surface area contributed by atoms with Crippen molar-refractivity contribution >= 4 is 5.91 Å². The first-order chi connectivity index (χ1) is 9.58. The Balaban J connectivity index is 1.76. The van der Waals surface area contributed by atoms with Crippen LogP contribution in [-0.2, 0) is 11.3 Å². The summed E-state index contributed by atoms with van der Waals surface area (Å²) in [5.41, 5.74) is 5.94. The highest BCUT2D eigenvalue weighted by Gasteiger charge is 2.27. The maximum atomic E-state index is 12.1. The maximum absolute atomic E-state index is 12.1. The van der Waals surface area contributed by atoms with Gasteiger partial charge in [-0.15, -0.1) is 0 Å². The molecule has 1 aliphatic rings. The minimum absolute atomic E-state index is 0.0562. The number of hydrogen-bond donors (Lipinski definition) is 2. The summed E-state index contributed by atoms with van der Waals surface area (Å²) in [5.74, 6) is 1.42. The van der Waals surface area contributed by atoms with Gasteiger partial charge < -0.3 is 15.5 Å². The van der Waals surface area contributed by atoms with E-state index in [0.29, 0.717) is 12.5 Å². The van der Waals surface area contributed by atoms with Gasteiger partial charge in [-0.25, -0.2) is 0 Å². The van der Waals surface area contributed by atoms with Gasteiger partial charge in [0.2, 0.25) is 5.91 Å². The molecular formula is C15H25N3O2. The molecule has 2 atom stereocenters. The van der Waals surface area contributed by atoms with Crippen LogP contribution in [0.15, 0.2) is 22.8 Å². The first-order valence-electron chi connectivity index (χ1n) is 7.37. The molecule has 1 aromatic heterocycles. The van der Waals surface area contributed by atoms with Gasteiger partial charge >= 0.3 is 0 Å². The molecule has 0 bridgehead atoms. The zero-order valence-electron chi connectivity index (χ0n) is 12.3. The van der Waals surface area contributed by atoms with Gasteiger partial charge in [0.05, 0.1) is 18.8 Å². The van der Waals surface area contributed by atoms with Gasteiger partial charge in [-0.05, 0) is 57.8 Å². The lowest BCUT2D eigenvalue weighted by Crippen LogP contribution is -2.49. The Kier molecular flexibility index (Phi) is 5.20. The second kappa shape index (κ2) is 6.90. The zero-order valence-corrected chi connectivity index (χ0v) is 12.3. The first kappa shape index (κ1) is 15.1. The van der Waals surface area contributed by atoms with E-state index in [1.54, 1.807) is 6.26 Å². The molecule has 112 valence electrons. The minimum Gasteiger partial charge on any atom is -0.467 e. The number of piperidine rings is 1. The van der Waals surface area contributed by atoms with Crippen LogP contribution in [0.25, 0.3) is 0 Å². The zero-order chi connectivity index (χ0) is 14.5.